The summed E-state index contributed by atoms with van der Waals surface area (Å²) in [7, 11) is 0. The quantitative estimate of drug-likeness (QED) is 0.364. The number of aryl methyl sites for hydroxylation is 1. The van der Waals surface area contributed by atoms with E-state index in [-0.39, 0.29) is 0 Å². The number of nitrogen functional groups attached to an aromatic ring is 1. The van der Waals surface area contributed by atoms with Gasteiger partial charge in [-0.15, -0.1) is 11.3 Å². The zero-order valence-corrected chi connectivity index (χ0v) is 12.3. The number of thioether (sulfide) groups is 1. The van der Waals surface area contributed by atoms with Crippen molar-refractivity contribution in [2.45, 2.75) is 18.5 Å². The van der Waals surface area contributed by atoms with Crippen LogP contribution in [0.1, 0.15) is 10.6 Å². The average molecular weight is 297 g/mol. The predicted octanol–water partition coefficient (Wildman–Crippen LogP) is 1.87. The molecular formula is C11H15N5OS2. The molecule has 0 amide bonds. The Kier molecular flexibility index (Phi) is 4.94. The van der Waals surface area contributed by atoms with Crippen LogP contribution in [0.25, 0.3) is 0 Å². The molecular weight excluding hydrogens is 282 g/mol. The molecule has 102 valence electrons. The fourth-order valence-electron chi connectivity index (χ4n) is 1.46. The van der Waals surface area contributed by atoms with Gasteiger partial charge in [-0.05, 0) is 13.2 Å². The van der Waals surface area contributed by atoms with Crippen LogP contribution in [0.5, 0.6) is 5.88 Å². The number of ether oxygens (including phenoxy) is 1. The van der Waals surface area contributed by atoms with Crippen LogP contribution < -0.4 is 16.0 Å². The lowest BCUT2D eigenvalue weighted by molar-refractivity contribution is 0.307. The molecule has 19 heavy (non-hydrogen) atoms. The van der Waals surface area contributed by atoms with E-state index in [1.165, 1.54) is 16.6 Å². The minimum absolute atomic E-state index is 0.523. The van der Waals surface area contributed by atoms with Crippen LogP contribution in [0.3, 0.4) is 0 Å². The number of thiazole rings is 1. The number of nitrogens with one attached hydrogen (secondary N) is 1. The van der Waals surface area contributed by atoms with E-state index in [0.29, 0.717) is 23.5 Å². The van der Waals surface area contributed by atoms with Crippen LogP contribution in [0.4, 0.5) is 5.82 Å². The highest BCUT2D eigenvalue weighted by atomic mass is 32.2. The molecule has 0 aliphatic carbocycles. The van der Waals surface area contributed by atoms with Crippen LogP contribution in [-0.4, -0.2) is 27.8 Å². The van der Waals surface area contributed by atoms with E-state index in [9.17, 15) is 0 Å². The van der Waals surface area contributed by atoms with Gasteiger partial charge in [0.15, 0.2) is 5.16 Å². The van der Waals surface area contributed by atoms with Crippen LogP contribution in [-0.2, 0) is 6.42 Å². The standard InChI is InChI=1S/C11H15N5OS2/c1-7-8(19-6-13-7)3-4-17-10-5-9(16-12)14-11(15-10)18-2/h5-6H,3-4,12H2,1-2H3,(H,14,15,16). The molecule has 0 radical (unpaired) electrons. The molecule has 8 heteroatoms. The molecule has 0 unspecified atom stereocenters. The molecule has 0 aromatic carbocycles. The SMILES string of the molecule is CSc1nc(NN)cc(OCCc2scnc2C)n1. The van der Waals surface area contributed by atoms with Gasteiger partial charge < -0.3 is 10.2 Å². The maximum absolute atomic E-state index is 5.64. The van der Waals surface area contributed by atoms with Gasteiger partial charge in [0.2, 0.25) is 5.88 Å². The Labute approximate surface area is 119 Å². The zero-order chi connectivity index (χ0) is 13.7. The molecule has 2 rings (SSSR count). The molecule has 0 fully saturated rings. The summed E-state index contributed by atoms with van der Waals surface area (Å²) >= 11 is 3.08. The maximum atomic E-state index is 5.64. The summed E-state index contributed by atoms with van der Waals surface area (Å²) in [6, 6.07) is 1.68. The molecule has 2 aromatic heterocycles. The molecule has 0 aliphatic heterocycles. The Hall–Kier alpha value is -1.38. The number of hydrogen-bond donors (Lipinski definition) is 2. The average Bonchev–Trinajstić information content (AvgIpc) is 2.84. The fraction of sp³-hybridized carbons (Fsp3) is 0.364. The highest BCUT2D eigenvalue weighted by Gasteiger charge is 2.06. The summed E-state index contributed by atoms with van der Waals surface area (Å²) in [4.78, 5) is 13.9. The highest BCUT2D eigenvalue weighted by Crippen LogP contribution is 2.19. The third-order valence-corrected chi connectivity index (χ3v) is 3.98. The van der Waals surface area contributed by atoms with E-state index in [4.69, 9.17) is 10.6 Å². The van der Waals surface area contributed by atoms with Crippen molar-refractivity contribution in [3.05, 3.63) is 22.1 Å². The van der Waals surface area contributed by atoms with Gasteiger partial charge in [0.25, 0.3) is 0 Å². The molecule has 2 aromatic rings. The minimum Gasteiger partial charge on any atom is -0.477 e. The Morgan fingerprint density at radius 3 is 2.95 bits per heavy atom. The normalized spacial score (nSPS) is 10.5. The lowest BCUT2D eigenvalue weighted by Gasteiger charge is -2.07. The van der Waals surface area contributed by atoms with Crippen molar-refractivity contribution in [2.24, 2.45) is 5.84 Å². The first-order valence-electron chi connectivity index (χ1n) is 5.64. The second-order valence-corrected chi connectivity index (χ2v) is 5.39. The van der Waals surface area contributed by atoms with E-state index in [0.717, 1.165) is 12.1 Å². The summed E-state index contributed by atoms with van der Waals surface area (Å²) in [5.41, 5.74) is 5.41. The number of anilines is 1. The van der Waals surface area contributed by atoms with Crippen LogP contribution in [0.2, 0.25) is 0 Å². The van der Waals surface area contributed by atoms with E-state index in [2.05, 4.69) is 20.4 Å². The van der Waals surface area contributed by atoms with Gasteiger partial charge in [0.1, 0.15) is 5.82 Å². The van der Waals surface area contributed by atoms with Crippen molar-refractivity contribution >= 4 is 28.9 Å². The Balaban J connectivity index is 1.97. The number of nitrogens with two attached hydrogens (primary N) is 1. The third-order valence-electron chi connectivity index (χ3n) is 2.44. The molecule has 0 saturated carbocycles. The first-order valence-corrected chi connectivity index (χ1v) is 7.75. The maximum Gasteiger partial charge on any atom is 0.219 e. The van der Waals surface area contributed by atoms with Gasteiger partial charge >= 0.3 is 0 Å². The molecule has 6 nitrogen and oxygen atoms in total. The van der Waals surface area contributed by atoms with Crippen molar-refractivity contribution in [3.8, 4) is 5.88 Å². The van der Waals surface area contributed by atoms with E-state index < -0.39 is 0 Å². The molecule has 0 spiro atoms. The summed E-state index contributed by atoms with van der Waals surface area (Å²) in [6.07, 6.45) is 2.72. The number of aromatic nitrogens is 3. The summed E-state index contributed by atoms with van der Waals surface area (Å²) < 4.78 is 5.64. The topological polar surface area (TPSA) is 86.0 Å². The molecule has 0 atom stereocenters. The highest BCUT2D eigenvalue weighted by molar-refractivity contribution is 7.98. The Bertz CT molecular complexity index is 523. The minimum atomic E-state index is 0.523. The van der Waals surface area contributed by atoms with Crippen molar-refractivity contribution in [1.29, 1.82) is 0 Å². The molecule has 0 aliphatic rings. The molecule has 0 bridgehead atoms. The number of rotatable bonds is 6. The van der Waals surface area contributed by atoms with Crippen molar-refractivity contribution < 1.29 is 4.74 Å². The second kappa shape index (κ2) is 6.69. The zero-order valence-electron chi connectivity index (χ0n) is 10.7. The van der Waals surface area contributed by atoms with E-state index >= 15 is 0 Å². The molecule has 2 heterocycles. The Morgan fingerprint density at radius 2 is 2.32 bits per heavy atom. The number of nitrogens with zero attached hydrogens (tertiary/aromatic N) is 3. The number of hydrogen-bond acceptors (Lipinski definition) is 8. The van der Waals surface area contributed by atoms with E-state index in [1.807, 2.05) is 18.7 Å². The van der Waals surface area contributed by atoms with Gasteiger partial charge in [-0.2, -0.15) is 4.98 Å². The third kappa shape index (κ3) is 3.79. The van der Waals surface area contributed by atoms with E-state index in [1.54, 1.807) is 17.4 Å². The monoisotopic (exact) mass is 297 g/mol. The van der Waals surface area contributed by atoms with Gasteiger partial charge in [-0.25, -0.2) is 15.8 Å². The van der Waals surface area contributed by atoms with Gasteiger partial charge in [0, 0.05) is 17.4 Å². The van der Waals surface area contributed by atoms with Crippen molar-refractivity contribution in [2.75, 3.05) is 18.3 Å². The molecule has 3 N–H and O–H groups in total. The van der Waals surface area contributed by atoms with Gasteiger partial charge in [0.05, 0.1) is 17.8 Å². The van der Waals surface area contributed by atoms with Crippen molar-refractivity contribution in [1.82, 2.24) is 15.0 Å². The van der Waals surface area contributed by atoms with Crippen molar-refractivity contribution in [3.63, 3.8) is 0 Å². The second-order valence-electron chi connectivity index (χ2n) is 3.68. The molecule has 0 saturated heterocycles. The Morgan fingerprint density at radius 1 is 1.47 bits per heavy atom. The smallest absolute Gasteiger partial charge is 0.219 e. The van der Waals surface area contributed by atoms with Gasteiger partial charge in [-0.3, -0.25) is 0 Å². The fourth-order valence-corrected chi connectivity index (χ4v) is 2.59. The summed E-state index contributed by atoms with van der Waals surface area (Å²) in [6.45, 7) is 2.55. The predicted molar refractivity (Wildman–Crippen MR) is 77.7 cm³/mol. The van der Waals surface area contributed by atoms with Crippen LogP contribution in [0, 0.1) is 6.92 Å². The number of hydrazine groups is 1. The lowest BCUT2D eigenvalue weighted by Crippen LogP contribution is -2.10. The first kappa shape index (κ1) is 14.0. The summed E-state index contributed by atoms with van der Waals surface area (Å²) in [5.74, 6) is 6.42. The summed E-state index contributed by atoms with van der Waals surface area (Å²) in [5, 5.41) is 0.624. The van der Waals surface area contributed by atoms with Gasteiger partial charge in [-0.1, -0.05) is 11.8 Å². The van der Waals surface area contributed by atoms with Crippen LogP contribution >= 0.6 is 23.1 Å². The largest absolute Gasteiger partial charge is 0.477 e. The lowest BCUT2D eigenvalue weighted by atomic mass is 10.3. The first-order chi connectivity index (χ1) is 9.22. The van der Waals surface area contributed by atoms with Crippen LogP contribution in [0.15, 0.2) is 16.7 Å².